The van der Waals surface area contributed by atoms with E-state index in [1.54, 1.807) is 18.7 Å². The Morgan fingerprint density at radius 2 is 2.17 bits per heavy atom. The lowest BCUT2D eigenvalue weighted by atomic mass is 9.97. The number of fused-ring (bicyclic) bond motifs is 1. The maximum atomic E-state index is 12.7. The Morgan fingerprint density at radius 1 is 1.38 bits per heavy atom. The van der Waals surface area contributed by atoms with Crippen LogP contribution in [-0.2, 0) is 6.54 Å². The first-order chi connectivity index (χ1) is 11.4. The van der Waals surface area contributed by atoms with Crippen LogP contribution in [0.15, 0.2) is 30.5 Å². The van der Waals surface area contributed by atoms with Crippen LogP contribution in [0.2, 0.25) is 0 Å². The molecule has 0 radical (unpaired) electrons. The molecule has 5 nitrogen and oxygen atoms in total. The number of likely N-dealkylation sites (tertiary alicyclic amines) is 1. The van der Waals surface area contributed by atoms with E-state index in [0.717, 1.165) is 37.0 Å². The molecule has 130 valence electrons. The molecular formula is C19H27N3O2. The molecule has 1 saturated heterocycles. The minimum absolute atomic E-state index is 0.132. The van der Waals surface area contributed by atoms with E-state index < -0.39 is 5.60 Å². The van der Waals surface area contributed by atoms with Crippen molar-refractivity contribution in [1.82, 2.24) is 9.47 Å². The van der Waals surface area contributed by atoms with E-state index >= 15 is 0 Å². The number of aryl methyl sites for hydroxylation is 1. The number of nitrogens with zero attached hydrogens (tertiary/aromatic N) is 2. The molecule has 2 heterocycles. The first kappa shape index (κ1) is 16.8. The van der Waals surface area contributed by atoms with Crippen LogP contribution in [0.5, 0.6) is 0 Å². The highest BCUT2D eigenvalue weighted by molar-refractivity contribution is 5.93. The normalized spacial score (nSPS) is 18.3. The number of hydrogen-bond acceptors (Lipinski definition) is 2. The third-order valence-electron chi connectivity index (χ3n) is 4.82. The third kappa shape index (κ3) is 3.26. The summed E-state index contributed by atoms with van der Waals surface area (Å²) in [6.45, 7) is 7.35. The third-order valence-corrected chi connectivity index (χ3v) is 4.82. The lowest BCUT2D eigenvalue weighted by Gasteiger charge is -2.33. The lowest BCUT2D eigenvalue weighted by Crippen LogP contribution is -2.49. The molecule has 1 aliphatic rings. The van der Waals surface area contributed by atoms with Gasteiger partial charge in [-0.1, -0.05) is 13.0 Å². The number of aliphatic hydroxyl groups is 1. The molecule has 24 heavy (non-hydrogen) atoms. The fraction of sp³-hybridized carbons (Fsp3) is 0.526. The average Bonchev–Trinajstić information content (AvgIpc) is 3.14. The van der Waals surface area contributed by atoms with Gasteiger partial charge in [-0.3, -0.25) is 0 Å². The molecule has 5 heteroatoms. The molecule has 0 aliphatic carbocycles. The van der Waals surface area contributed by atoms with Crippen molar-refractivity contribution in [2.45, 2.75) is 58.2 Å². The molecule has 3 rings (SSSR count). The van der Waals surface area contributed by atoms with E-state index in [1.807, 2.05) is 18.2 Å². The molecule has 1 atom stereocenters. The molecule has 1 fully saturated rings. The van der Waals surface area contributed by atoms with Gasteiger partial charge in [0.2, 0.25) is 0 Å². The van der Waals surface area contributed by atoms with Crippen LogP contribution in [0, 0.1) is 0 Å². The average molecular weight is 329 g/mol. The Morgan fingerprint density at radius 3 is 2.88 bits per heavy atom. The molecule has 0 bridgehead atoms. The maximum Gasteiger partial charge on any atom is 0.322 e. The first-order valence-electron chi connectivity index (χ1n) is 8.79. The fourth-order valence-corrected chi connectivity index (χ4v) is 3.64. The predicted octanol–water partition coefficient (Wildman–Crippen LogP) is 3.82. The monoisotopic (exact) mass is 329 g/mol. The van der Waals surface area contributed by atoms with E-state index in [9.17, 15) is 9.90 Å². The summed E-state index contributed by atoms with van der Waals surface area (Å²) in [5.41, 5.74) is 1.05. The molecule has 1 aromatic heterocycles. The van der Waals surface area contributed by atoms with Gasteiger partial charge in [-0.05, 0) is 56.7 Å². The van der Waals surface area contributed by atoms with Crippen molar-refractivity contribution in [2.24, 2.45) is 0 Å². The second kappa shape index (κ2) is 6.48. The van der Waals surface area contributed by atoms with Crippen molar-refractivity contribution in [3.63, 3.8) is 0 Å². The molecular weight excluding hydrogens is 302 g/mol. The molecule has 1 aliphatic heterocycles. The zero-order chi connectivity index (χ0) is 17.3. The highest BCUT2D eigenvalue weighted by atomic mass is 16.3. The van der Waals surface area contributed by atoms with E-state index in [2.05, 4.69) is 29.1 Å². The molecule has 0 spiro atoms. The van der Waals surface area contributed by atoms with Crippen LogP contribution in [-0.4, -0.2) is 38.8 Å². The summed E-state index contributed by atoms with van der Waals surface area (Å²) < 4.78 is 2.21. The quantitative estimate of drug-likeness (QED) is 0.896. The van der Waals surface area contributed by atoms with Crippen LogP contribution in [0.4, 0.5) is 10.5 Å². The van der Waals surface area contributed by atoms with Crippen molar-refractivity contribution < 1.29 is 9.90 Å². The second-order valence-corrected chi connectivity index (χ2v) is 7.22. The predicted molar refractivity (Wildman–Crippen MR) is 97.3 cm³/mol. The summed E-state index contributed by atoms with van der Waals surface area (Å²) in [5.74, 6) is 0. The first-order valence-corrected chi connectivity index (χ1v) is 8.79. The van der Waals surface area contributed by atoms with E-state index in [-0.39, 0.29) is 12.1 Å². The van der Waals surface area contributed by atoms with Gasteiger partial charge in [0.25, 0.3) is 0 Å². The Bertz CT molecular complexity index is 730. The molecule has 0 saturated carbocycles. The Labute approximate surface area is 143 Å². The Balaban J connectivity index is 1.79. The molecule has 2 amide bonds. The van der Waals surface area contributed by atoms with Gasteiger partial charge in [-0.15, -0.1) is 0 Å². The van der Waals surface area contributed by atoms with Gasteiger partial charge < -0.3 is 19.9 Å². The summed E-state index contributed by atoms with van der Waals surface area (Å²) in [7, 11) is 0. The van der Waals surface area contributed by atoms with Crippen LogP contribution in [0.25, 0.3) is 10.9 Å². The Hall–Kier alpha value is -2.01. The van der Waals surface area contributed by atoms with E-state index in [0.29, 0.717) is 6.54 Å². The summed E-state index contributed by atoms with van der Waals surface area (Å²) in [4.78, 5) is 14.4. The minimum Gasteiger partial charge on any atom is -0.388 e. The maximum absolute atomic E-state index is 12.7. The van der Waals surface area contributed by atoms with Gasteiger partial charge in [0.05, 0.1) is 17.2 Å². The summed E-state index contributed by atoms with van der Waals surface area (Å²) in [6, 6.07) is 7.83. The number of carbonyl (C=O) groups is 1. The number of urea groups is 1. The number of nitrogens with one attached hydrogen (secondary N) is 1. The zero-order valence-corrected chi connectivity index (χ0v) is 14.7. The van der Waals surface area contributed by atoms with Crippen LogP contribution in [0.1, 0.15) is 40.0 Å². The molecule has 2 N–H and O–H groups in total. The highest BCUT2D eigenvalue weighted by Crippen LogP contribution is 2.28. The summed E-state index contributed by atoms with van der Waals surface area (Å²) >= 11 is 0. The Kier molecular flexibility index (Phi) is 4.54. The number of benzene rings is 1. The van der Waals surface area contributed by atoms with Crippen molar-refractivity contribution in [3.05, 3.63) is 30.5 Å². The number of amides is 2. The minimum atomic E-state index is -0.881. The number of rotatable bonds is 4. The molecule has 1 aromatic carbocycles. The van der Waals surface area contributed by atoms with Gasteiger partial charge in [0, 0.05) is 25.0 Å². The topological polar surface area (TPSA) is 57.5 Å². The van der Waals surface area contributed by atoms with Crippen LogP contribution in [0.3, 0.4) is 0 Å². The van der Waals surface area contributed by atoms with Crippen molar-refractivity contribution in [1.29, 1.82) is 0 Å². The second-order valence-electron chi connectivity index (χ2n) is 7.22. The van der Waals surface area contributed by atoms with Gasteiger partial charge in [-0.25, -0.2) is 4.79 Å². The van der Waals surface area contributed by atoms with Crippen molar-refractivity contribution >= 4 is 22.6 Å². The number of hydrogen-bond donors (Lipinski definition) is 2. The van der Waals surface area contributed by atoms with Gasteiger partial charge in [0.1, 0.15) is 0 Å². The summed E-state index contributed by atoms with van der Waals surface area (Å²) in [5, 5.41) is 14.5. The number of carbonyl (C=O) groups excluding carboxylic acids is 1. The van der Waals surface area contributed by atoms with Gasteiger partial charge >= 0.3 is 6.03 Å². The van der Waals surface area contributed by atoms with Crippen LogP contribution < -0.4 is 5.32 Å². The van der Waals surface area contributed by atoms with E-state index in [4.69, 9.17) is 0 Å². The highest BCUT2D eigenvalue weighted by Gasteiger charge is 2.38. The molecule has 2 aromatic rings. The lowest BCUT2D eigenvalue weighted by molar-refractivity contribution is 0.0117. The van der Waals surface area contributed by atoms with Gasteiger partial charge in [0.15, 0.2) is 0 Å². The fourth-order valence-electron chi connectivity index (χ4n) is 3.64. The van der Waals surface area contributed by atoms with Crippen molar-refractivity contribution in [2.75, 3.05) is 11.9 Å². The molecule has 1 unspecified atom stereocenters. The SMILES string of the molecule is CCCn1ccc2ccc(NC(=O)N3CCCC3C(C)(C)O)cc21. The van der Waals surface area contributed by atoms with Gasteiger partial charge in [-0.2, -0.15) is 0 Å². The van der Waals surface area contributed by atoms with Crippen LogP contribution >= 0.6 is 0 Å². The van der Waals surface area contributed by atoms with E-state index in [1.165, 1.54) is 5.39 Å². The zero-order valence-electron chi connectivity index (χ0n) is 14.7. The number of anilines is 1. The van der Waals surface area contributed by atoms with Crippen molar-refractivity contribution in [3.8, 4) is 0 Å². The summed E-state index contributed by atoms with van der Waals surface area (Å²) in [6.07, 6.45) is 4.93. The number of aromatic nitrogens is 1. The smallest absolute Gasteiger partial charge is 0.322 e. The standard InChI is InChI=1S/C19H27N3O2/c1-4-10-21-12-9-14-7-8-15(13-16(14)21)20-18(23)22-11-5-6-17(22)19(2,3)24/h7-9,12-13,17,24H,4-6,10-11H2,1-3H3,(H,20,23). The largest absolute Gasteiger partial charge is 0.388 e.